The van der Waals surface area contributed by atoms with Gasteiger partial charge in [-0.05, 0) is 89.2 Å². The summed E-state index contributed by atoms with van der Waals surface area (Å²) < 4.78 is 94.5. The summed E-state index contributed by atoms with van der Waals surface area (Å²) in [5.74, 6) is -4.75. The number of alkyl halides is 2. The van der Waals surface area contributed by atoms with Crippen molar-refractivity contribution in [3.05, 3.63) is 136 Å². The molecule has 8 heteroatoms. The third-order valence-corrected chi connectivity index (χ3v) is 7.56. The molecule has 0 bridgehead atoms. The number of halogens is 7. The van der Waals surface area contributed by atoms with E-state index in [9.17, 15) is 13.2 Å². The van der Waals surface area contributed by atoms with Crippen molar-refractivity contribution in [3.8, 4) is 39.1 Å². The molecule has 0 fully saturated rings. The van der Waals surface area contributed by atoms with Crippen molar-refractivity contribution < 1.29 is 31.1 Å². The molecule has 0 saturated heterocycles. The molecule has 1 nitrogen and oxygen atoms in total. The summed E-state index contributed by atoms with van der Waals surface area (Å²) in [6, 6.07) is 21.2. The van der Waals surface area contributed by atoms with Gasteiger partial charge < -0.3 is 4.74 Å². The van der Waals surface area contributed by atoms with E-state index in [0.717, 1.165) is 67.6 Å². The lowest BCUT2D eigenvalue weighted by Gasteiger charge is -2.20. The quantitative estimate of drug-likeness (QED) is 0.111. The van der Waals surface area contributed by atoms with Crippen molar-refractivity contribution in [1.82, 2.24) is 0 Å². The van der Waals surface area contributed by atoms with E-state index < -0.39 is 40.7 Å². The number of rotatable bonds is 10. The molecule has 0 aliphatic carbocycles. The van der Waals surface area contributed by atoms with E-state index in [1.54, 1.807) is 0 Å². The lowest BCUT2D eigenvalue weighted by atomic mass is 9.98. The van der Waals surface area contributed by atoms with Gasteiger partial charge in [-0.25, -0.2) is 17.6 Å². The van der Waals surface area contributed by atoms with Crippen molar-refractivity contribution in [1.29, 1.82) is 0 Å². The smallest absolute Gasteiger partial charge is 0.429 e. The predicted molar refractivity (Wildman–Crippen MR) is 162 cm³/mol. The lowest BCUT2D eigenvalue weighted by Crippen LogP contribution is -2.23. The zero-order valence-electron chi connectivity index (χ0n) is 23.6. The van der Waals surface area contributed by atoms with Crippen LogP contribution in [0.2, 0.25) is 5.02 Å². The average molecular weight is 625 g/mol. The number of aryl methyl sites for hydroxylation is 1. The van der Waals surface area contributed by atoms with Crippen LogP contribution >= 0.6 is 11.6 Å². The summed E-state index contributed by atoms with van der Waals surface area (Å²) in [4.78, 5) is 0. The Labute approximate surface area is 256 Å². The molecule has 5 rings (SSSR count). The molecule has 0 unspecified atom stereocenters. The van der Waals surface area contributed by atoms with Crippen molar-refractivity contribution in [2.24, 2.45) is 0 Å². The summed E-state index contributed by atoms with van der Waals surface area (Å²) in [6.07, 6.45) is 0.0912. The van der Waals surface area contributed by atoms with Gasteiger partial charge in [-0.15, -0.1) is 0 Å². The largest absolute Gasteiger partial charge is 0.429 e. The van der Waals surface area contributed by atoms with Gasteiger partial charge >= 0.3 is 6.11 Å². The predicted octanol–water partition coefficient (Wildman–Crippen LogP) is 11.8. The Bertz CT molecular complexity index is 1740. The molecule has 0 amide bonds. The highest BCUT2D eigenvalue weighted by Crippen LogP contribution is 2.38. The summed E-state index contributed by atoms with van der Waals surface area (Å²) in [5, 5.41) is 0.388. The number of hydrogen-bond acceptors (Lipinski definition) is 1. The van der Waals surface area contributed by atoms with Gasteiger partial charge in [-0.1, -0.05) is 73.8 Å². The Hall–Kier alpha value is -4.23. The van der Waals surface area contributed by atoms with E-state index in [-0.39, 0.29) is 22.3 Å². The second-order valence-corrected chi connectivity index (χ2v) is 10.9. The van der Waals surface area contributed by atoms with Crippen LogP contribution in [0.15, 0.2) is 97.1 Å². The van der Waals surface area contributed by atoms with Crippen LogP contribution in [-0.4, -0.2) is 0 Å². The topological polar surface area (TPSA) is 9.23 Å². The first-order chi connectivity index (χ1) is 21.1. The molecule has 226 valence electrons. The van der Waals surface area contributed by atoms with Crippen molar-refractivity contribution in [2.75, 3.05) is 0 Å². The van der Waals surface area contributed by atoms with Crippen LogP contribution in [-0.2, 0) is 12.5 Å². The van der Waals surface area contributed by atoms with E-state index in [1.165, 1.54) is 30.3 Å². The molecule has 0 heterocycles. The summed E-state index contributed by atoms with van der Waals surface area (Å²) in [7, 11) is 0. The zero-order valence-corrected chi connectivity index (χ0v) is 24.4. The molecular formula is C36H27ClF6O. The molecule has 0 N–H and O–H groups in total. The van der Waals surface area contributed by atoms with Gasteiger partial charge in [0.25, 0.3) is 0 Å². The van der Waals surface area contributed by atoms with Gasteiger partial charge in [0.05, 0.1) is 11.1 Å². The van der Waals surface area contributed by atoms with Gasteiger partial charge in [0.1, 0.15) is 29.0 Å². The number of benzene rings is 5. The van der Waals surface area contributed by atoms with Gasteiger partial charge in [0, 0.05) is 16.7 Å². The zero-order chi connectivity index (χ0) is 31.4. The van der Waals surface area contributed by atoms with Crippen molar-refractivity contribution in [2.45, 2.75) is 38.7 Å². The molecule has 0 aliphatic rings. The minimum atomic E-state index is -4.14. The minimum absolute atomic E-state index is 0.149. The van der Waals surface area contributed by atoms with E-state index >= 15 is 13.2 Å². The van der Waals surface area contributed by atoms with Gasteiger partial charge in [-0.2, -0.15) is 8.78 Å². The number of hydrogen-bond donors (Lipinski definition) is 0. The second kappa shape index (κ2) is 13.2. The molecule has 0 aliphatic heterocycles. The highest BCUT2D eigenvalue weighted by molar-refractivity contribution is 6.30. The maximum Gasteiger partial charge on any atom is 0.429 e. The molecule has 0 saturated carbocycles. The highest BCUT2D eigenvalue weighted by Gasteiger charge is 2.38. The van der Waals surface area contributed by atoms with Gasteiger partial charge in [0.2, 0.25) is 0 Å². The van der Waals surface area contributed by atoms with Crippen LogP contribution in [0.4, 0.5) is 26.3 Å². The van der Waals surface area contributed by atoms with Crippen LogP contribution in [0.25, 0.3) is 33.4 Å². The van der Waals surface area contributed by atoms with Gasteiger partial charge in [-0.3, -0.25) is 0 Å². The molecule has 44 heavy (non-hydrogen) atoms. The Morgan fingerprint density at radius 3 is 1.84 bits per heavy atom. The Morgan fingerprint density at radius 1 is 0.614 bits per heavy atom. The SMILES string of the molecule is CCCCCc1ccc(-c2ccc(C(F)(F)Oc3ccc(-c4cc(F)c(-c5ccc(Cl)cc5)c(F)c4)c(F)c3)c(F)c2)cc1. The molecule has 0 aromatic heterocycles. The first-order valence-corrected chi connectivity index (χ1v) is 14.4. The molecular weight excluding hydrogens is 598 g/mol. The normalized spacial score (nSPS) is 11.5. The maximum absolute atomic E-state index is 15.0. The molecule has 5 aromatic carbocycles. The van der Waals surface area contributed by atoms with Crippen LogP contribution in [0.1, 0.15) is 37.3 Å². The fourth-order valence-corrected chi connectivity index (χ4v) is 5.12. The summed E-state index contributed by atoms with van der Waals surface area (Å²) in [6.45, 7) is 2.13. The monoisotopic (exact) mass is 624 g/mol. The van der Waals surface area contributed by atoms with Crippen LogP contribution in [0.5, 0.6) is 5.75 Å². The van der Waals surface area contributed by atoms with Gasteiger partial charge in [0.15, 0.2) is 0 Å². The van der Waals surface area contributed by atoms with E-state index in [1.807, 2.05) is 24.3 Å². The fraction of sp³-hybridized carbons (Fsp3) is 0.167. The first kappa shape index (κ1) is 31.2. The van der Waals surface area contributed by atoms with Crippen LogP contribution in [0.3, 0.4) is 0 Å². The Morgan fingerprint density at radius 2 is 1.23 bits per heavy atom. The van der Waals surface area contributed by atoms with Crippen molar-refractivity contribution >= 4 is 11.6 Å². The highest BCUT2D eigenvalue weighted by atomic mass is 35.5. The summed E-state index contributed by atoms with van der Waals surface area (Å²) in [5.41, 5.74) is 0.727. The van der Waals surface area contributed by atoms with Crippen molar-refractivity contribution in [3.63, 3.8) is 0 Å². The fourth-order valence-electron chi connectivity index (χ4n) is 4.99. The third-order valence-electron chi connectivity index (χ3n) is 7.31. The maximum atomic E-state index is 15.0. The average Bonchev–Trinajstić information content (AvgIpc) is 2.98. The number of unbranched alkanes of at least 4 members (excludes halogenated alkanes) is 2. The minimum Gasteiger partial charge on any atom is -0.429 e. The Balaban J connectivity index is 1.33. The lowest BCUT2D eigenvalue weighted by molar-refractivity contribution is -0.187. The van der Waals surface area contributed by atoms with E-state index in [0.29, 0.717) is 22.2 Å². The first-order valence-electron chi connectivity index (χ1n) is 14.1. The molecule has 0 atom stereocenters. The standard InChI is InChI=1S/C36H27ClF6O/c1-2-3-4-5-22-6-8-23(9-7-22)25-12-17-30(32(39)18-25)36(42,43)44-28-15-16-29(31(38)21-28)26-19-33(40)35(34(41)20-26)24-10-13-27(37)14-11-24/h6-21H,2-5H2,1H3. The third kappa shape index (κ3) is 6.94. The Kier molecular flexibility index (Phi) is 9.35. The van der Waals surface area contributed by atoms with E-state index in [2.05, 4.69) is 6.92 Å². The molecule has 5 aromatic rings. The molecule has 0 radical (unpaired) electrons. The van der Waals surface area contributed by atoms with E-state index in [4.69, 9.17) is 16.3 Å². The van der Waals surface area contributed by atoms with Crippen LogP contribution < -0.4 is 4.74 Å². The molecule has 0 spiro atoms. The number of ether oxygens (including phenoxy) is 1. The second-order valence-electron chi connectivity index (χ2n) is 10.4. The summed E-state index contributed by atoms with van der Waals surface area (Å²) >= 11 is 5.84. The van der Waals surface area contributed by atoms with Crippen LogP contribution in [0, 0.1) is 23.3 Å².